The van der Waals surface area contributed by atoms with Crippen molar-refractivity contribution in [3.63, 3.8) is 0 Å². The summed E-state index contributed by atoms with van der Waals surface area (Å²) in [6.45, 7) is 0. The molecule has 0 aliphatic carbocycles. The third-order valence-electron chi connectivity index (χ3n) is 0.652. The molecule has 0 spiro atoms. The minimum atomic E-state index is -6.17. The van der Waals surface area contributed by atoms with Crippen LogP contribution in [0.25, 0.3) is 0 Å². The van der Waals surface area contributed by atoms with Crippen LogP contribution in [0.3, 0.4) is 0 Å². The second kappa shape index (κ2) is 3.27. The first-order valence-electron chi connectivity index (χ1n) is 1.92. The van der Waals surface area contributed by atoms with Crippen molar-refractivity contribution in [2.45, 2.75) is 26.0 Å². The molecule has 7 heteroatoms. The summed E-state index contributed by atoms with van der Waals surface area (Å²) < 4.78 is 76.6. The number of rotatable bonds is 1. The van der Waals surface area contributed by atoms with Crippen LogP contribution in [0, 0.1) is 0 Å². The van der Waals surface area contributed by atoms with Gasteiger partial charge < -0.3 is 0 Å². The van der Waals surface area contributed by atoms with Crippen LogP contribution in [-0.2, 0) is 0 Å². The first-order valence-corrected chi connectivity index (χ1v) is 1.92. The Balaban J connectivity index is 0. The Kier molecular flexibility index (Phi) is 3.90. The molecule has 0 amide bonds. The molecule has 0 aliphatic rings. The Morgan fingerprint density at radius 1 is 0.818 bits per heavy atom. The Hall–Kier alpha value is -0.490. The van der Waals surface area contributed by atoms with Crippen LogP contribution in [-0.4, -0.2) is 18.5 Å². The van der Waals surface area contributed by atoms with Gasteiger partial charge in [0.05, 0.1) is 0 Å². The molecule has 11 heavy (non-hydrogen) atoms. The molecule has 0 radical (unpaired) electrons. The third-order valence-corrected chi connectivity index (χ3v) is 0.652. The minimum Gasteiger partial charge on any atom is -0.203 e. The molecule has 0 aromatic heterocycles. The lowest BCUT2D eigenvalue weighted by Gasteiger charge is -2.17. The highest BCUT2D eigenvalue weighted by Crippen LogP contribution is 2.39. The number of hydrogen-bond donors (Lipinski definition) is 0. The van der Waals surface area contributed by atoms with Gasteiger partial charge in [-0.2, -0.15) is 22.0 Å². The predicted octanol–water partition coefficient (Wildman–Crippen LogP) is 3.09. The minimum absolute atomic E-state index is 0. The largest absolute Gasteiger partial charge is 0.459 e. The fourth-order valence-corrected chi connectivity index (χ4v) is 0.124. The molecule has 0 aliphatic heterocycles. The summed E-state index contributed by atoms with van der Waals surface area (Å²) in [7, 11) is 0. The number of alkyl halides is 7. The first-order chi connectivity index (χ1) is 4.19. The molecule has 0 aromatic carbocycles. The van der Waals surface area contributed by atoms with Gasteiger partial charge in [0.1, 0.15) is 0 Å². The molecule has 0 saturated heterocycles. The lowest BCUT2D eigenvalue weighted by molar-refractivity contribution is -0.320. The van der Waals surface area contributed by atoms with E-state index in [0.29, 0.717) is 0 Å². The van der Waals surface area contributed by atoms with E-state index in [4.69, 9.17) is 0 Å². The van der Waals surface area contributed by atoms with Gasteiger partial charge in [-0.3, -0.25) is 0 Å². The van der Waals surface area contributed by atoms with Crippen molar-refractivity contribution in [2.75, 3.05) is 0 Å². The average molecular weight is 186 g/mol. The highest BCUT2D eigenvalue weighted by Gasteiger charge is 2.64. The van der Waals surface area contributed by atoms with E-state index < -0.39 is 18.5 Å². The zero-order chi connectivity index (χ0) is 8.58. The lowest BCUT2D eigenvalue weighted by Crippen LogP contribution is -2.42. The van der Waals surface area contributed by atoms with Gasteiger partial charge in [0.2, 0.25) is 0 Å². The summed E-state index contributed by atoms with van der Waals surface area (Å²) in [4.78, 5) is 0. The molecule has 0 N–H and O–H groups in total. The van der Waals surface area contributed by atoms with E-state index in [1.165, 1.54) is 0 Å². The summed E-state index contributed by atoms with van der Waals surface area (Å²) in [6, 6.07) is 0. The molecule has 0 unspecified atom stereocenters. The molecule has 0 nitrogen and oxygen atoms in total. The molecular formula is C4H5F7. The maximum atomic E-state index is 11.2. The molecular weight excluding hydrogens is 181 g/mol. The number of hydrogen-bond acceptors (Lipinski definition) is 0. The molecule has 70 valence electrons. The van der Waals surface area contributed by atoms with Crippen LogP contribution < -0.4 is 0 Å². The van der Waals surface area contributed by atoms with E-state index in [-0.39, 0.29) is 7.43 Å². The van der Waals surface area contributed by atoms with Crippen LogP contribution in [0.5, 0.6) is 0 Å². The molecule has 0 heterocycles. The lowest BCUT2D eigenvalue weighted by atomic mass is 10.3. The summed E-state index contributed by atoms with van der Waals surface area (Å²) in [5.74, 6) is -5.90. The predicted molar refractivity (Wildman–Crippen MR) is 23.7 cm³/mol. The van der Waals surface area contributed by atoms with Gasteiger partial charge in [-0.25, -0.2) is 8.78 Å². The number of halogens is 7. The zero-order valence-electron chi connectivity index (χ0n) is 4.22. The Morgan fingerprint density at radius 3 is 1.09 bits per heavy atom. The Labute approximate surface area is 58.0 Å². The van der Waals surface area contributed by atoms with Crippen molar-refractivity contribution in [3.8, 4) is 0 Å². The average Bonchev–Trinajstić information content (AvgIpc) is 1.62. The van der Waals surface area contributed by atoms with Crippen molar-refractivity contribution < 1.29 is 30.7 Å². The fraction of sp³-hybridized carbons (Fsp3) is 1.00. The Morgan fingerprint density at radius 2 is 1.09 bits per heavy atom. The normalized spacial score (nSPS) is 13.1. The van der Waals surface area contributed by atoms with Crippen LogP contribution >= 0.6 is 0 Å². The molecule has 0 saturated carbocycles. The fourth-order valence-electron chi connectivity index (χ4n) is 0.124. The van der Waals surface area contributed by atoms with Crippen LogP contribution in [0.2, 0.25) is 0 Å². The monoisotopic (exact) mass is 186 g/mol. The summed E-state index contributed by atoms with van der Waals surface area (Å²) >= 11 is 0. The van der Waals surface area contributed by atoms with Crippen LogP contribution in [0.15, 0.2) is 0 Å². The van der Waals surface area contributed by atoms with Crippen LogP contribution in [0.4, 0.5) is 30.7 Å². The molecule has 0 fully saturated rings. The summed E-state index contributed by atoms with van der Waals surface area (Å²) in [5, 5.41) is 0. The highest BCUT2D eigenvalue weighted by atomic mass is 19.4. The van der Waals surface area contributed by atoms with Gasteiger partial charge in [-0.05, 0) is 0 Å². The Bertz CT molecular complexity index is 112. The van der Waals surface area contributed by atoms with Crippen molar-refractivity contribution >= 4 is 0 Å². The van der Waals surface area contributed by atoms with E-state index in [0.717, 1.165) is 0 Å². The molecule has 0 bridgehead atoms. The second-order valence-corrected chi connectivity index (χ2v) is 1.42. The third kappa shape index (κ3) is 2.55. The zero-order valence-corrected chi connectivity index (χ0v) is 4.22. The van der Waals surface area contributed by atoms with Gasteiger partial charge in [-0.1, -0.05) is 7.43 Å². The van der Waals surface area contributed by atoms with E-state index in [1.807, 2.05) is 0 Å². The maximum absolute atomic E-state index is 11.2. The second-order valence-electron chi connectivity index (χ2n) is 1.42. The van der Waals surface area contributed by atoms with Crippen molar-refractivity contribution in [1.82, 2.24) is 0 Å². The van der Waals surface area contributed by atoms with Gasteiger partial charge in [0.15, 0.2) is 0 Å². The molecule has 0 atom stereocenters. The van der Waals surface area contributed by atoms with Gasteiger partial charge >= 0.3 is 18.5 Å². The molecule has 0 rings (SSSR count). The smallest absolute Gasteiger partial charge is 0.203 e. The van der Waals surface area contributed by atoms with Crippen LogP contribution in [0.1, 0.15) is 7.43 Å². The quantitative estimate of drug-likeness (QED) is 0.552. The first kappa shape index (κ1) is 13.1. The molecule has 0 aromatic rings. The topological polar surface area (TPSA) is 0 Å². The summed E-state index contributed by atoms with van der Waals surface area (Å²) in [5.41, 5.74) is 0. The van der Waals surface area contributed by atoms with Crippen molar-refractivity contribution in [2.24, 2.45) is 0 Å². The van der Waals surface area contributed by atoms with E-state index >= 15 is 0 Å². The van der Waals surface area contributed by atoms with E-state index in [1.54, 1.807) is 0 Å². The van der Waals surface area contributed by atoms with Crippen molar-refractivity contribution in [3.05, 3.63) is 0 Å². The summed E-state index contributed by atoms with van der Waals surface area (Å²) in [6.07, 6.45) is -10.9. The van der Waals surface area contributed by atoms with Gasteiger partial charge in [-0.15, -0.1) is 0 Å². The van der Waals surface area contributed by atoms with E-state index in [9.17, 15) is 30.7 Å². The SMILES string of the molecule is C.FC(F)C(F)(F)C(F)(F)F. The van der Waals surface area contributed by atoms with Gasteiger partial charge in [0, 0.05) is 0 Å². The van der Waals surface area contributed by atoms with Crippen molar-refractivity contribution in [1.29, 1.82) is 0 Å². The standard InChI is InChI=1S/C3HF7.CH4/c4-1(5)2(6,7)3(8,9)10;/h1H;1H4. The maximum Gasteiger partial charge on any atom is 0.459 e. The van der Waals surface area contributed by atoms with Gasteiger partial charge in [0.25, 0.3) is 0 Å². The van der Waals surface area contributed by atoms with E-state index in [2.05, 4.69) is 0 Å². The highest BCUT2D eigenvalue weighted by molar-refractivity contribution is 4.77.